The van der Waals surface area contributed by atoms with E-state index in [-0.39, 0.29) is 24.0 Å². The van der Waals surface area contributed by atoms with Gasteiger partial charge in [0, 0.05) is 55.4 Å². The number of nitrogens with zero attached hydrogens (tertiary/aromatic N) is 3. The van der Waals surface area contributed by atoms with Crippen molar-refractivity contribution in [3.05, 3.63) is 33.8 Å². The quantitative estimate of drug-likeness (QED) is 0.257. The maximum Gasteiger partial charge on any atom is 0.193 e. The lowest BCUT2D eigenvalue weighted by Gasteiger charge is -2.32. The van der Waals surface area contributed by atoms with Crippen molar-refractivity contribution in [3.63, 3.8) is 0 Å². The smallest absolute Gasteiger partial charge is 0.193 e. The lowest BCUT2D eigenvalue weighted by molar-refractivity contribution is 0.0195. The van der Waals surface area contributed by atoms with Crippen LogP contribution in [0, 0.1) is 0 Å². The van der Waals surface area contributed by atoms with Crippen LogP contribution in [-0.4, -0.2) is 74.3 Å². The highest BCUT2D eigenvalue weighted by Crippen LogP contribution is 2.22. The van der Waals surface area contributed by atoms with Crippen molar-refractivity contribution in [1.29, 1.82) is 0 Å². The Morgan fingerprint density at radius 1 is 1.25 bits per heavy atom. The van der Waals surface area contributed by atoms with Gasteiger partial charge < -0.3 is 15.0 Å². The van der Waals surface area contributed by atoms with Crippen molar-refractivity contribution >= 4 is 53.1 Å². The zero-order chi connectivity index (χ0) is 19.1. The third-order valence-electron chi connectivity index (χ3n) is 5.24. The topological polar surface area (TPSA) is 40.1 Å². The normalized spacial score (nSPS) is 20.9. The van der Waals surface area contributed by atoms with Crippen molar-refractivity contribution in [3.8, 4) is 0 Å². The van der Waals surface area contributed by atoms with Gasteiger partial charge in [0.2, 0.25) is 0 Å². The molecule has 1 N–H and O–H groups in total. The summed E-state index contributed by atoms with van der Waals surface area (Å²) >= 11 is 12.2. The highest BCUT2D eigenvalue weighted by atomic mass is 127. The average molecular weight is 541 g/mol. The Balaban J connectivity index is 0.00000280. The van der Waals surface area contributed by atoms with Gasteiger partial charge in [-0.05, 0) is 43.9 Å². The van der Waals surface area contributed by atoms with E-state index in [1.54, 1.807) is 0 Å². The molecule has 0 saturated carbocycles. The first-order chi connectivity index (χ1) is 13.2. The van der Waals surface area contributed by atoms with Gasteiger partial charge in [0.05, 0.1) is 13.2 Å². The number of guanidine groups is 1. The lowest BCUT2D eigenvalue weighted by atomic mass is 10.1. The molecule has 0 aliphatic carbocycles. The second kappa shape index (κ2) is 12.4. The minimum Gasteiger partial charge on any atom is -0.379 e. The molecule has 2 heterocycles. The maximum absolute atomic E-state index is 6.26. The van der Waals surface area contributed by atoms with E-state index in [4.69, 9.17) is 32.9 Å². The number of halogens is 3. The maximum atomic E-state index is 6.26. The van der Waals surface area contributed by atoms with Crippen LogP contribution in [0.1, 0.15) is 25.3 Å². The van der Waals surface area contributed by atoms with Crippen LogP contribution in [-0.2, 0) is 11.2 Å². The summed E-state index contributed by atoms with van der Waals surface area (Å²) in [7, 11) is 0. The van der Waals surface area contributed by atoms with E-state index in [1.165, 1.54) is 6.42 Å². The van der Waals surface area contributed by atoms with Crippen LogP contribution in [0.15, 0.2) is 23.2 Å². The Kier molecular flexibility index (Phi) is 10.6. The van der Waals surface area contributed by atoms with Crippen LogP contribution in [0.4, 0.5) is 0 Å². The van der Waals surface area contributed by atoms with E-state index in [0.717, 1.165) is 81.9 Å². The molecule has 1 aromatic carbocycles. The SMILES string of the molecule is CCNC(=NCCCc1ccc(Cl)cc1Cl)N1CCC(N2CCOCC2)C1.I. The highest BCUT2D eigenvalue weighted by molar-refractivity contribution is 14.0. The summed E-state index contributed by atoms with van der Waals surface area (Å²) in [5.41, 5.74) is 1.13. The predicted octanol–water partition coefficient (Wildman–Crippen LogP) is 3.92. The fourth-order valence-corrected chi connectivity index (χ4v) is 4.28. The molecule has 2 fully saturated rings. The van der Waals surface area contributed by atoms with Gasteiger partial charge in [0.25, 0.3) is 0 Å². The molecule has 5 nitrogen and oxygen atoms in total. The molecule has 28 heavy (non-hydrogen) atoms. The zero-order valence-corrected chi connectivity index (χ0v) is 20.3. The van der Waals surface area contributed by atoms with Crippen molar-refractivity contribution in [2.45, 2.75) is 32.2 Å². The standard InChI is InChI=1S/C20H30Cl2N4O.HI/c1-2-23-20(24-8-3-4-16-5-6-17(21)14-19(16)22)26-9-7-18(15-26)25-10-12-27-13-11-25;/h5-6,14,18H,2-4,7-13,15H2,1H3,(H,23,24);1H. The number of nitrogens with one attached hydrogen (secondary N) is 1. The monoisotopic (exact) mass is 540 g/mol. The molecule has 1 atom stereocenters. The average Bonchev–Trinajstić information content (AvgIpc) is 3.16. The van der Waals surface area contributed by atoms with E-state index in [1.807, 2.05) is 18.2 Å². The number of aliphatic imine (C=N–C) groups is 1. The first-order valence-electron chi connectivity index (χ1n) is 9.96. The molecule has 0 spiro atoms. The number of likely N-dealkylation sites (tertiary alicyclic amines) is 1. The number of morpholine rings is 1. The number of ether oxygens (including phenoxy) is 1. The van der Waals surface area contributed by atoms with Crippen LogP contribution < -0.4 is 5.32 Å². The molecule has 158 valence electrons. The summed E-state index contributed by atoms with van der Waals surface area (Å²) < 4.78 is 5.48. The molecular weight excluding hydrogens is 510 g/mol. The number of aryl methyl sites for hydroxylation is 1. The summed E-state index contributed by atoms with van der Waals surface area (Å²) in [6.45, 7) is 9.74. The second-order valence-corrected chi connectivity index (χ2v) is 7.96. The molecule has 2 aliphatic heterocycles. The number of hydrogen-bond donors (Lipinski definition) is 1. The van der Waals surface area contributed by atoms with E-state index in [2.05, 4.69) is 22.0 Å². The van der Waals surface area contributed by atoms with Gasteiger partial charge in [0.1, 0.15) is 0 Å². The fourth-order valence-electron chi connectivity index (χ4n) is 3.78. The lowest BCUT2D eigenvalue weighted by Crippen LogP contribution is -2.46. The van der Waals surface area contributed by atoms with Crippen LogP contribution in [0.25, 0.3) is 0 Å². The van der Waals surface area contributed by atoms with E-state index < -0.39 is 0 Å². The van der Waals surface area contributed by atoms with Gasteiger partial charge in [-0.25, -0.2) is 0 Å². The third-order valence-corrected chi connectivity index (χ3v) is 5.83. The number of rotatable bonds is 6. The Bertz CT molecular complexity index is 641. The van der Waals surface area contributed by atoms with Crippen LogP contribution in [0.3, 0.4) is 0 Å². The van der Waals surface area contributed by atoms with E-state index in [9.17, 15) is 0 Å². The Labute approximate surface area is 195 Å². The summed E-state index contributed by atoms with van der Waals surface area (Å²) in [6, 6.07) is 6.33. The van der Waals surface area contributed by atoms with Crippen LogP contribution in [0.5, 0.6) is 0 Å². The molecule has 2 aliphatic rings. The van der Waals surface area contributed by atoms with Crippen molar-refractivity contribution in [2.24, 2.45) is 4.99 Å². The molecule has 0 amide bonds. The first kappa shape index (κ1) is 24.0. The second-order valence-electron chi connectivity index (χ2n) is 7.11. The van der Waals surface area contributed by atoms with Crippen molar-refractivity contribution in [1.82, 2.24) is 15.1 Å². The van der Waals surface area contributed by atoms with Crippen LogP contribution in [0.2, 0.25) is 10.0 Å². The molecule has 0 bridgehead atoms. The molecule has 3 rings (SSSR count). The molecule has 8 heteroatoms. The van der Waals surface area contributed by atoms with E-state index in [0.29, 0.717) is 11.1 Å². The Morgan fingerprint density at radius 2 is 2.04 bits per heavy atom. The molecular formula is C20H31Cl2IN4O. The van der Waals surface area contributed by atoms with Gasteiger partial charge in [0.15, 0.2) is 5.96 Å². The number of hydrogen-bond acceptors (Lipinski definition) is 3. The first-order valence-corrected chi connectivity index (χ1v) is 10.7. The summed E-state index contributed by atoms with van der Waals surface area (Å²) in [5.74, 6) is 1.04. The van der Waals surface area contributed by atoms with Gasteiger partial charge in [-0.15, -0.1) is 24.0 Å². The summed E-state index contributed by atoms with van der Waals surface area (Å²) in [6.07, 6.45) is 3.08. The van der Waals surface area contributed by atoms with Crippen molar-refractivity contribution < 1.29 is 4.74 Å². The fraction of sp³-hybridized carbons (Fsp3) is 0.650. The van der Waals surface area contributed by atoms with Crippen molar-refractivity contribution in [2.75, 3.05) is 52.5 Å². The van der Waals surface area contributed by atoms with Gasteiger partial charge in [-0.1, -0.05) is 29.3 Å². The van der Waals surface area contributed by atoms with Gasteiger partial charge in [-0.3, -0.25) is 9.89 Å². The summed E-state index contributed by atoms with van der Waals surface area (Å²) in [4.78, 5) is 9.82. The predicted molar refractivity (Wildman–Crippen MR) is 129 cm³/mol. The number of benzene rings is 1. The summed E-state index contributed by atoms with van der Waals surface area (Å²) in [5, 5.41) is 4.88. The minimum absolute atomic E-state index is 0. The molecule has 1 unspecified atom stereocenters. The van der Waals surface area contributed by atoms with Gasteiger partial charge in [-0.2, -0.15) is 0 Å². The van der Waals surface area contributed by atoms with Gasteiger partial charge >= 0.3 is 0 Å². The minimum atomic E-state index is 0. The Morgan fingerprint density at radius 3 is 2.75 bits per heavy atom. The Hall–Kier alpha value is -0.280. The van der Waals surface area contributed by atoms with Crippen LogP contribution >= 0.6 is 47.2 Å². The molecule has 2 saturated heterocycles. The molecule has 0 radical (unpaired) electrons. The molecule has 0 aromatic heterocycles. The van der Waals surface area contributed by atoms with E-state index >= 15 is 0 Å². The third kappa shape index (κ3) is 6.90. The highest BCUT2D eigenvalue weighted by Gasteiger charge is 2.30. The largest absolute Gasteiger partial charge is 0.379 e. The zero-order valence-electron chi connectivity index (χ0n) is 16.5. The molecule has 1 aromatic rings.